The summed E-state index contributed by atoms with van der Waals surface area (Å²) in [7, 11) is 0. The first-order valence-electron chi connectivity index (χ1n) is 11.9. The van der Waals surface area contributed by atoms with Gasteiger partial charge in [-0.25, -0.2) is 8.78 Å². The molecule has 4 aliphatic rings. The Morgan fingerprint density at radius 1 is 1.10 bits per heavy atom. The van der Waals surface area contributed by atoms with Gasteiger partial charge < -0.3 is 10.2 Å². The van der Waals surface area contributed by atoms with Crippen LogP contribution in [0.25, 0.3) is 0 Å². The molecule has 0 spiro atoms. The Balaban J connectivity index is 1.51. The molecule has 2 nitrogen and oxygen atoms in total. The molecule has 166 valence electrons. The Kier molecular flexibility index (Phi) is 5.26. The molecule has 0 unspecified atom stereocenters. The van der Waals surface area contributed by atoms with E-state index in [2.05, 4.69) is 19.9 Å². The Hall–Kier alpha value is -0.480. The first-order valence-corrected chi connectivity index (χ1v) is 11.9. The summed E-state index contributed by atoms with van der Waals surface area (Å²) in [6.07, 6.45) is 9.63. The monoisotopic (exact) mass is 410 g/mol. The van der Waals surface area contributed by atoms with E-state index < -0.39 is 17.6 Å². The summed E-state index contributed by atoms with van der Waals surface area (Å²) in [5.74, 6) is -0.658. The molecule has 0 aromatic heterocycles. The zero-order valence-electron chi connectivity index (χ0n) is 18.7. The summed E-state index contributed by atoms with van der Waals surface area (Å²) in [6.45, 7) is 7.99. The van der Waals surface area contributed by atoms with E-state index in [1.807, 2.05) is 6.92 Å². The third kappa shape index (κ3) is 3.50. The van der Waals surface area contributed by atoms with Crippen molar-refractivity contribution < 1.29 is 19.0 Å². The first-order chi connectivity index (χ1) is 13.4. The lowest BCUT2D eigenvalue weighted by Crippen LogP contribution is -2.51. The van der Waals surface area contributed by atoms with Gasteiger partial charge in [-0.15, -0.1) is 0 Å². The van der Waals surface area contributed by atoms with Crippen molar-refractivity contribution in [1.82, 2.24) is 0 Å². The molecule has 0 amide bonds. The standard InChI is InChI=1S/C25H40F2O2/c1-16(28)25(26,27)12-9-17-6-8-20-19-7-5-18-15-22(2,29)13-14-24(18,4)21(19)10-11-23(17,20)3/h5,16-17,19-21,28-29H,6-15H2,1-4H3/t16-,17-,19+,20+,21+,22+,23-,24+/m1/s1. The van der Waals surface area contributed by atoms with Crippen molar-refractivity contribution in [3.05, 3.63) is 11.6 Å². The van der Waals surface area contributed by atoms with Crippen molar-refractivity contribution in [2.24, 2.45) is 34.5 Å². The number of allylic oxidation sites excluding steroid dienone is 1. The van der Waals surface area contributed by atoms with Crippen molar-refractivity contribution in [2.75, 3.05) is 0 Å². The fourth-order valence-electron chi connectivity index (χ4n) is 7.96. The Morgan fingerprint density at radius 3 is 2.52 bits per heavy atom. The van der Waals surface area contributed by atoms with Gasteiger partial charge in [0.2, 0.25) is 0 Å². The molecule has 3 saturated carbocycles. The molecule has 2 N–H and O–H groups in total. The highest BCUT2D eigenvalue weighted by Crippen LogP contribution is 2.67. The number of hydrogen-bond acceptors (Lipinski definition) is 2. The lowest BCUT2D eigenvalue weighted by molar-refractivity contribution is -0.113. The molecular weight excluding hydrogens is 370 g/mol. The summed E-state index contributed by atoms with van der Waals surface area (Å²) < 4.78 is 28.1. The SMILES string of the molecule is C[C@@H](O)C(F)(F)CC[C@H]1CC[C@H]2[C@@H]3CC=C4C[C@@](C)(O)CC[C@]4(C)[C@H]3CC[C@]12C. The molecule has 3 fully saturated rings. The Labute approximate surface area is 175 Å². The highest BCUT2D eigenvalue weighted by molar-refractivity contribution is 5.26. The molecule has 0 saturated heterocycles. The van der Waals surface area contributed by atoms with Crippen LogP contribution in [0.4, 0.5) is 8.78 Å². The minimum absolute atomic E-state index is 0.164. The van der Waals surface area contributed by atoms with Gasteiger partial charge in [0.15, 0.2) is 0 Å². The molecule has 4 aliphatic carbocycles. The second kappa shape index (κ2) is 7.02. The van der Waals surface area contributed by atoms with Gasteiger partial charge in [-0.05, 0) is 106 Å². The molecule has 0 bridgehead atoms. The van der Waals surface area contributed by atoms with Crippen LogP contribution in [0.1, 0.15) is 91.9 Å². The van der Waals surface area contributed by atoms with E-state index in [1.165, 1.54) is 25.3 Å². The van der Waals surface area contributed by atoms with E-state index in [0.717, 1.165) is 38.5 Å². The Bertz CT molecular complexity index is 670. The summed E-state index contributed by atoms with van der Waals surface area (Å²) in [6, 6.07) is 0. The molecule has 4 heteroatoms. The van der Waals surface area contributed by atoms with E-state index in [0.29, 0.717) is 30.1 Å². The normalized spacial score (nSPS) is 48.3. The third-order valence-electron chi connectivity index (χ3n) is 10.0. The van der Waals surface area contributed by atoms with Crippen molar-refractivity contribution in [3.8, 4) is 0 Å². The van der Waals surface area contributed by atoms with Crippen molar-refractivity contribution in [2.45, 2.75) is 110 Å². The molecule has 0 aromatic carbocycles. The maximum Gasteiger partial charge on any atom is 0.273 e. The van der Waals surface area contributed by atoms with Crippen LogP contribution in [0, 0.1) is 34.5 Å². The highest BCUT2D eigenvalue weighted by atomic mass is 19.3. The minimum atomic E-state index is -2.97. The molecule has 0 heterocycles. The zero-order chi connectivity index (χ0) is 21.2. The average molecular weight is 411 g/mol. The van der Waals surface area contributed by atoms with Gasteiger partial charge in [-0.2, -0.15) is 0 Å². The fraction of sp³-hybridized carbons (Fsp3) is 0.920. The fourth-order valence-corrected chi connectivity index (χ4v) is 7.96. The number of halogens is 2. The lowest BCUT2D eigenvalue weighted by Gasteiger charge is -2.59. The van der Waals surface area contributed by atoms with Gasteiger partial charge >= 0.3 is 0 Å². The van der Waals surface area contributed by atoms with E-state index in [-0.39, 0.29) is 17.3 Å². The van der Waals surface area contributed by atoms with Crippen LogP contribution in [0.15, 0.2) is 11.6 Å². The van der Waals surface area contributed by atoms with Crippen molar-refractivity contribution in [1.29, 1.82) is 0 Å². The van der Waals surface area contributed by atoms with Gasteiger partial charge in [0.25, 0.3) is 5.92 Å². The number of fused-ring (bicyclic) bond motifs is 5. The number of hydrogen-bond donors (Lipinski definition) is 2. The molecule has 0 radical (unpaired) electrons. The maximum absolute atomic E-state index is 14.0. The van der Waals surface area contributed by atoms with E-state index in [9.17, 15) is 19.0 Å². The van der Waals surface area contributed by atoms with E-state index >= 15 is 0 Å². The van der Waals surface area contributed by atoms with Gasteiger partial charge in [0.05, 0.1) is 5.60 Å². The smallest absolute Gasteiger partial charge is 0.273 e. The highest BCUT2D eigenvalue weighted by Gasteiger charge is 2.59. The predicted molar refractivity (Wildman–Crippen MR) is 112 cm³/mol. The maximum atomic E-state index is 14.0. The number of aliphatic hydroxyl groups excluding tert-OH is 1. The van der Waals surface area contributed by atoms with Crippen LogP contribution < -0.4 is 0 Å². The van der Waals surface area contributed by atoms with Crippen LogP contribution >= 0.6 is 0 Å². The van der Waals surface area contributed by atoms with E-state index in [4.69, 9.17) is 0 Å². The summed E-state index contributed by atoms with van der Waals surface area (Å²) in [5.41, 5.74) is 1.29. The average Bonchev–Trinajstić information content (AvgIpc) is 2.97. The van der Waals surface area contributed by atoms with Gasteiger partial charge in [0.1, 0.15) is 6.10 Å². The lowest BCUT2D eigenvalue weighted by atomic mass is 9.46. The van der Waals surface area contributed by atoms with Gasteiger partial charge in [-0.1, -0.05) is 25.5 Å². The van der Waals surface area contributed by atoms with Crippen LogP contribution in [0.5, 0.6) is 0 Å². The largest absolute Gasteiger partial charge is 0.390 e. The predicted octanol–water partition coefficient (Wildman–Crippen LogP) is 6.11. The number of rotatable bonds is 4. The summed E-state index contributed by atoms with van der Waals surface area (Å²) in [5, 5.41) is 20.0. The molecule has 29 heavy (non-hydrogen) atoms. The number of alkyl halides is 2. The van der Waals surface area contributed by atoms with Crippen LogP contribution in [0.2, 0.25) is 0 Å². The van der Waals surface area contributed by atoms with Gasteiger partial charge in [0, 0.05) is 6.42 Å². The van der Waals surface area contributed by atoms with Crippen molar-refractivity contribution in [3.63, 3.8) is 0 Å². The topological polar surface area (TPSA) is 40.5 Å². The van der Waals surface area contributed by atoms with E-state index in [1.54, 1.807) is 0 Å². The third-order valence-corrected chi connectivity index (χ3v) is 10.0. The minimum Gasteiger partial charge on any atom is -0.390 e. The van der Waals surface area contributed by atoms with Crippen LogP contribution in [-0.4, -0.2) is 27.8 Å². The first kappa shape index (κ1) is 21.7. The Morgan fingerprint density at radius 2 is 1.83 bits per heavy atom. The quantitative estimate of drug-likeness (QED) is 0.549. The zero-order valence-corrected chi connectivity index (χ0v) is 18.7. The van der Waals surface area contributed by atoms with Crippen molar-refractivity contribution >= 4 is 0 Å². The molecule has 4 rings (SSSR count). The number of aliphatic hydroxyl groups is 2. The van der Waals surface area contributed by atoms with Crippen LogP contribution in [-0.2, 0) is 0 Å². The summed E-state index contributed by atoms with van der Waals surface area (Å²) in [4.78, 5) is 0. The molecular formula is C25H40F2O2. The molecule has 0 aromatic rings. The van der Waals surface area contributed by atoms with Gasteiger partial charge in [-0.3, -0.25) is 0 Å². The summed E-state index contributed by atoms with van der Waals surface area (Å²) >= 11 is 0. The second-order valence-electron chi connectivity index (χ2n) is 11.7. The molecule has 8 atom stereocenters. The molecule has 0 aliphatic heterocycles. The van der Waals surface area contributed by atoms with Crippen LogP contribution in [0.3, 0.4) is 0 Å². The second-order valence-corrected chi connectivity index (χ2v) is 11.7.